The summed E-state index contributed by atoms with van der Waals surface area (Å²) in [7, 11) is 0. The first-order valence-corrected chi connectivity index (χ1v) is 31.9. The highest BCUT2D eigenvalue weighted by atomic mass is 16.5. The van der Waals surface area contributed by atoms with E-state index in [0.717, 1.165) is 123 Å². The fourth-order valence-corrected chi connectivity index (χ4v) is 14.6. The van der Waals surface area contributed by atoms with Crippen LogP contribution < -0.4 is 14.5 Å². The van der Waals surface area contributed by atoms with Gasteiger partial charge in [0.1, 0.15) is 28.2 Å². The molecule has 2 heterocycles. The Kier molecular flexibility index (Phi) is 13.4. The van der Waals surface area contributed by atoms with Crippen molar-refractivity contribution >= 4 is 78.0 Å². The molecule has 13 aromatic rings. The molecule has 0 aliphatic heterocycles. The van der Waals surface area contributed by atoms with Gasteiger partial charge in [0, 0.05) is 50.0 Å². The van der Waals surface area contributed by atoms with Crippen molar-refractivity contribution < 1.29 is 13.6 Å². The van der Waals surface area contributed by atoms with Gasteiger partial charge in [0.05, 0.1) is 22.2 Å². The van der Waals surface area contributed by atoms with Crippen LogP contribution in [0.4, 0.5) is 34.1 Å². The van der Waals surface area contributed by atoms with Gasteiger partial charge in [-0.1, -0.05) is 221 Å². The molecule has 440 valence electrons. The molecule has 2 aliphatic carbocycles. The van der Waals surface area contributed by atoms with Gasteiger partial charge in [-0.25, -0.2) is 0 Å². The maximum absolute atomic E-state index is 7.65. The van der Waals surface area contributed by atoms with Crippen LogP contribution in [0.15, 0.2) is 251 Å². The molecule has 0 saturated heterocycles. The lowest BCUT2D eigenvalue weighted by molar-refractivity contribution is 0.481. The van der Waals surface area contributed by atoms with E-state index in [1.165, 1.54) is 47.9 Å². The average molecular weight is 1160 g/mol. The molecule has 0 radical (unpaired) electrons. The van der Waals surface area contributed by atoms with Gasteiger partial charge in [0.2, 0.25) is 0 Å². The molecule has 5 nitrogen and oxygen atoms in total. The van der Waals surface area contributed by atoms with Crippen LogP contribution in [0.25, 0.3) is 55.0 Å². The molecule has 2 aliphatic rings. The molecule has 1 fully saturated rings. The maximum atomic E-state index is 7.65. The van der Waals surface area contributed by atoms with Gasteiger partial charge in [-0.3, -0.25) is 0 Å². The van der Waals surface area contributed by atoms with E-state index < -0.39 is 5.41 Å². The third-order valence-electron chi connectivity index (χ3n) is 19.2. The summed E-state index contributed by atoms with van der Waals surface area (Å²) in [6.07, 6.45) is 4.93. The molecule has 1 saturated carbocycles. The minimum atomic E-state index is -0.980. The summed E-state index contributed by atoms with van der Waals surface area (Å²) in [5.41, 5.74) is 20.2. The lowest BCUT2D eigenvalue weighted by Gasteiger charge is -2.36. The van der Waals surface area contributed by atoms with Crippen molar-refractivity contribution in [2.45, 2.75) is 116 Å². The number of benzene rings is 11. The first-order valence-electron chi connectivity index (χ1n) is 31.9. The molecule has 0 bridgehead atoms. The second-order valence-corrected chi connectivity index (χ2v) is 27.9. The Hall–Kier alpha value is -9.58. The predicted octanol–water partition coefficient (Wildman–Crippen LogP) is 24.1. The molecule has 0 N–H and O–H groups in total. The molecule has 1 atom stereocenters. The second kappa shape index (κ2) is 21.3. The van der Waals surface area contributed by atoms with Crippen LogP contribution in [0, 0.1) is 0 Å². The number of furan rings is 2. The van der Waals surface area contributed by atoms with Gasteiger partial charge in [-0.05, 0) is 177 Å². The van der Waals surface area contributed by atoms with Crippen LogP contribution in [0.3, 0.4) is 0 Å². The number of anilines is 6. The smallest absolute Gasteiger partial charge is 0.160 e. The van der Waals surface area contributed by atoms with Crippen LogP contribution >= 0.6 is 0 Å². The van der Waals surface area contributed by atoms with E-state index in [1.54, 1.807) is 0 Å². The van der Waals surface area contributed by atoms with Crippen molar-refractivity contribution in [2.24, 2.45) is 0 Å². The van der Waals surface area contributed by atoms with Crippen molar-refractivity contribution in [1.29, 1.82) is 0 Å². The standard InChI is InChI=1S/C84H76N2O3/c1-81(2,3)56-36-44-63(45-37-56)85(61-24-12-10-13-25-61)71-52-70-78(80-75(71)67-28-18-20-30-73(67)89-80)77-69(53-72(79-76(77)68-29-19-21-31-74(68)88-79)86(62-26-14-11-15-27-62)64-46-38-57(39-47-64)82(4,5)6)84(70,59-34-32-55(33-35-59)54-22-16-17-23-54)60-42-50-66(51-43-60)87-65-48-40-58(41-49-65)83(7,8)9/h10-15,18-21,24-54H,16-17,22-23H2,1-9H3. The van der Waals surface area contributed by atoms with E-state index in [9.17, 15) is 0 Å². The Morgan fingerprint density at radius 2 is 0.775 bits per heavy atom. The summed E-state index contributed by atoms with van der Waals surface area (Å²) in [5.74, 6) is 2.08. The van der Waals surface area contributed by atoms with Crippen molar-refractivity contribution in [3.63, 3.8) is 0 Å². The first kappa shape index (κ1) is 56.0. The van der Waals surface area contributed by atoms with Crippen molar-refractivity contribution in [2.75, 3.05) is 9.80 Å². The summed E-state index contributed by atoms with van der Waals surface area (Å²) in [6, 6.07) is 89.6. The summed E-state index contributed by atoms with van der Waals surface area (Å²) in [6.45, 7) is 20.4. The molecule has 1 unspecified atom stereocenters. The normalized spacial score (nSPS) is 15.3. The van der Waals surface area contributed by atoms with Crippen molar-refractivity contribution in [1.82, 2.24) is 0 Å². The minimum absolute atomic E-state index is 0.0175. The fraction of sp³-hybridized carbons (Fsp3) is 0.214. The van der Waals surface area contributed by atoms with E-state index in [-0.39, 0.29) is 16.2 Å². The van der Waals surface area contributed by atoms with E-state index in [0.29, 0.717) is 5.92 Å². The zero-order valence-electron chi connectivity index (χ0n) is 52.6. The zero-order chi connectivity index (χ0) is 61.0. The van der Waals surface area contributed by atoms with Gasteiger partial charge < -0.3 is 23.4 Å². The maximum Gasteiger partial charge on any atom is 0.160 e. The molecule has 2 aromatic heterocycles. The number of nitrogens with zero attached hydrogens (tertiary/aromatic N) is 2. The molecular weight excluding hydrogens is 1080 g/mol. The molecule has 89 heavy (non-hydrogen) atoms. The lowest BCUT2D eigenvalue weighted by Crippen LogP contribution is -2.29. The number of ether oxygens (including phenoxy) is 1. The summed E-state index contributed by atoms with van der Waals surface area (Å²) >= 11 is 0. The minimum Gasteiger partial charge on any atom is -0.457 e. The highest BCUT2D eigenvalue weighted by Gasteiger charge is 2.51. The number of hydrogen-bond acceptors (Lipinski definition) is 5. The van der Waals surface area contributed by atoms with Crippen LogP contribution in [0.5, 0.6) is 11.5 Å². The SMILES string of the molecule is CC(C)(C)c1ccc(Oc2ccc(C3(c4ccc(C5CCCC5)cc4)c4cc(N(c5ccccc5)c5ccc(C(C)(C)C)cc5)c5c(oc6ccccc65)c4-c4c3cc(N(c3ccccc3)c3ccc(C(C)(C)C)cc3)c3oc5ccccc5c43)cc2)cc1. The third kappa shape index (κ3) is 9.51. The van der Waals surface area contributed by atoms with Gasteiger partial charge in [-0.15, -0.1) is 0 Å². The molecule has 15 rings (SSSR count). The van der Waals surface area contributed by atoms with Crippen LogP contribution in [0.2, 0.25) is 0 Å². The molecular formula is C84H76N2O3. The molecule has 0 amide bonds. The summed E-state index contributed by atoms with van der Waals surface area (Å²) < 4.78 is 21.9. The average Bonchev–Trinajstić information content (AvgIpc) is 1.51. The van der Waals surface area contributed by atoms with E-state index in [1.807, 2.05) is 0 Å². The molecule has 0 spiro atoms. The lowest BCUT2D eigenvalue weighted by atomic mass is 9.67. The highest BCUT2D eigenvalue weighted by molar-refractivity contribution is 6.26. The van der Waals surface area contributed by atoms with Gasteiger partial charge >= 0.3 is 0 Å². The van der Waals surface area contributed by atoms with Crippen LogP contribution in [-0.4, -0.2) is 0 Å². The van der Waals surface area contributed by atoms with Crippen molar-refractivity contribution in [3.8, 4) is 22.6 Å². The molecule has 5 heteroatoms. The van der Waals surface area contributed by atoms with Crippen molar-refractivity contribution in [3.05, 3.63) is 287 Å². The van der Waals surface area contributed by atoms with E-state index in [4.69, 9.17) is 13.6 Å². The van der Waals surface area contributed by atoms with Gasteiger partial charge in [0.15, 0.2) is 5.58 Å². The Balaban J connectivity index is 1.10. The quantitative estimate of drug-likeness (QED) is 0.129. The Morgan fingerprint density at radius 1 is 0.382 bits per heavy atom. The zero-order valence-corrected chi connectivity index (χ0v) is 52.6. The Morgan fingerprint density at radius 3 is 1.28 bits per heavy atom. The number of hydrogen-bond donors (Lipinski definition) is 0. The third-order valence-corrected chi connectivity index (χ3v) is 19.2. The van der Waals surface area contributed by atoms with Gasteiger partial charge in [0.25, 0.3) is 0 Å². The van der Waals surface area contributed by atoms with Crippen LogP contribution in [-0.2, 0) is 21.7 Å². The predicted molar refractivity (Wildman–Crippen MR) is 371 cm³/mol. The van der Waals surface area contributed by atoms with E-state index in [2.05, 4.69) is 315 Å². The first-order chi connectivity index (χ1) is 43.0. The number of rotatable bonds is 11. The second-order valence-electron chi connectivity index (χ2n) is 27.9. The number of para-hydroxylation sites is 4. The number of fused-ring (bicyclic) bond motifs is 11. The topological polar surface area (TPSA) is 42.0 Å². The molecule has 11 aromatic carbocycles. The largest absolute Gasteiger partial charge is 0.457 e. The summed E-state index contributed by atoms with van der Waals surface area (Å²) in [5, 5.41) is 4.16. The van der Waals surface area contributed by atoms with E-state index >= 15 is 0 Å². The van der Waals surface area contributed by atoms with Crippen LogP contribution in [0.1, 0.15) is 138 Å². The highest BCUT2D eigenvalue weighted by Crippen LogP contribution is 2.65. The Bertz CT molecular complexity index is 4760. The fourth-order valence-electron chi connectivity index (χ4n) is 14.6. The van der Waals surface area contributed by atoms with Gasteiger partial charge in [-0.2, -0.15) is 0 Å². The summed E-state index contributed by atoms with van der Waals surface area (Å²) in [4.78, 5) is 4.87. The monoisotopic (exact) mass is 1160 g/mol. The Labute approximate surface area is 523 Å².